The van der Waals surface area contributed by atoms with E-state index in [9.17, 15) is 4.79 Å². The monoisotopic (exact) mass is 409 g/mol. The first-order valence-corrected chi connectivity index (χ1v) is 9.79. The van der Waals surface area contributed by atoms with Gasteiger partial charge in [0.1, 0.15) is 0 Å². The first-order chi connectivity index (χ1) is 13.7. The van der Waals surface area contributed by atoms with Crippen LogP contribution in [0.2, 0.25) is 0 Å². The van der Waals surface area contributed by atoms with Crippen molar-refractivity contribution in [1.29, 1.82) is 0 Å². The summed E-state index contributed by atoms with van der Waals surface area (Å²) in [6.45, 7) is 5.56. The van der Waals surface area contributed by atoms with Gasteiger partial charge in [0.2, 0.25) is 0 Å². The van der Waals surface area contributed by atoms with Crippen LogP contribution in [0, 0.1) is 18.8 Å². The largest absolute Gasteiger partial charge is 0.337 e. The number of carbonyl (C=O) groups excluding carboxylic acids is 1. The molecule has 0 bridgehead atoms. The molecule has 1 N–H and O–H groups in total. The average Bonchev–Trinajstić information content (AvgIpc) is 3.43. The summed E-state index contributed by atoms with van der Waals surface area (Å²) in [4.78, 5) is 14.9. The molecule has 29 heavy (non-hydrogen) atoms. The molecule has 0 aliphatic carbocycles. The predicted molar refractivity (Wildman–Crippen MR) is 115 cm³/mol. The number of aromatic nitrogens is 3. The molecule has 2 aliphatic heterocycles. The summed E-state index contributed by atoms with van der Waals surface area (Å²) in [5, 5.41) is 11.9. The number of amides is 1. The summed E-state index contributed by atoms with van der Waals surface area (Å²) in [7, 11) is 0. The maximum atomic E-state index is 13.0. The second-order valence-electron chi connectivity index (χ2n) is 7.74. The number of hydrogen-bond acceptors (Lipinski definition) is 4. The molecule has 7 heteroatoms. The third-order valence-corrected chi connectivity index (χ3v) is 5.99. The SMILES string of the molecule is Cc1c(C(=O)N2C[C@H]3CNC[C@H]3C2)nnn1-c1ccc(-c2ccccc2)cc1.Cl. The topological polar surface area (TPSA) is 63.1 Å². The van der Waals surface area contributed by atoms with Crippen LogP contribution < -0.4 is 5.32 Å². The molecule has 150 valence electrons. The van der Waals surface area contributed by atoms with Crippen molar-refractivity contribution in [3.63, 3.8) is 0 Å². The van der Waals surface area contributed by atoms with E-state index in [1.54, 1.807) is 4.68 Å². The molecule has 2 aliphatic rings. The van der Waals surface area contributed by atoms with Gasteiger partial charge in [-0.05, 0) is 42.0 Å². The van der Waals surface area contributed by atoms with E-state index < -0.39 is 0 Å². The number of halogens is 1. The minimum Gasteiger partial charge on any atom is -0.337 e. The number of benzene rings is 2. The molecule has 2 atom stereocenters. The minimum atomic E-state index is -0.000874. The van der Waals surface area contributed by atoms with Crippen LogP contribution in [0.25, 0.3) is 16.8 Å². The number of nitrogens with zero attached hydrogens (tertiary/aromatic N) is 4. The fourth-order valence-electron chi connectivity index (χ4n) is 4.37. The van der Waals surface area contributed by atoms with Crippen LogP contribution in [0.1, 0.15) is 16.2 Å². The molecule has 3 aromatic rings. The first kappa shape index (κ1) is 19.6. The zero-order chi connectivity index (χ0) is 19.1. The summed E-state index contributed by atoms with van der Waals surface area (Å²) in [6, 6.07) is 18.4. The molecule has 5 rings (SSSR count). The fourth-order valence-corrected chi connectivity index (χ4v) is 4.37. The van der Waals surface area contributed by atoms with Crippen molar-refractivity contribution >= 4 is 18.3 Å². The van der Waals surface area contributed by atoms with Gasteiger partial charge in [0.15, 0.2) is 5.69 Å². The molecule has 1 amide bonds. The summed E-state index contributed by atoms with van der Waals surface area (Å²) in [5.41, 5.74) is 4.48. The maximum Gasteiger partial charge on any atom is 0.276 e. The summed E-state index contributed by atoms with van der Waals surface area (Å²) in [6.07, 6.45) is 0. The normalized spacial score (nSPS) is 20.4. The molecule has 0 radical (unpaired) electrons. The third kappa shape index (κ3) is 3.54. The second-order valence-corrected chi connectivity index (χ2v) is 7.74. The summed E-state index contributed by atoms with van der Waals surface area (Å²) >= 11 is 0. The zero-order valence-corrected chi connectivity index (χ0v) is 17.1. The van der Waals surface area contributed by atoms with Gasteiger partial charge in [-0.1, -0.05) is 47.7 Å². The Morgan fingerprint density at radius 3 is 2.24 bits per heavy atom. The molecule has 0 saturated carbocycles. The number of nitrogens with one attached hydrogen (secondary N) is 1. The van der Waals surface area contributed by atoms with Crippen LogP contribution >= 0.6 is 12.4 Å². The Balaban J connectivity index is 0.00000205. The van der Waals surface area contributed by atoms with Gasteiger partial charge >= 0.3 is 0 Å². The number of fused-ring (bicyclic) bond motifs is 1. The van der Waals surface area contributed by atoms with Crippen molar-refractivity contribution in [2.45, 2.75) is 6.92 Å². The molecule has 1 aromatic heterocycles. The highest BCUT2D eigenvalue weighted by Crippen LogP contribution is 2.28. The molecule has 0 unspecified atom stereocenters. The Kier molecular flexibility index (Phi) is 5.39. The van der Waals surface area contributed by atoms with Crippen LogP contribution in [-0.2, 0) is 0 Å². The molecule has 6 nitrogen and oxygen atoms in total. The minimum absolute atomic E-state index is 0. The van der Waals surface area contributed by atoms with Gasteiger partial charge in [-0.15, -0.1) is 17.5 Å². The standard InChI is InChI=1S/C22H23N5O.ClH/c1-15-21(22(28)26-13-18-11-23-12-19(18)14-26)24-25-27(15)20-9-7-17(8-10-20)16-5-3-2-4-6-16;/h2-10,18-19,23H,11-14H2,1H3;1H/t18-,19+;. The fraction of sp³-hybridized carbons (Fsp3) is 0.318. The molecule has 0 spiro atoms. The highest BCUT2D eigenvalue weighted by atomic mass is 35.5. The number of carbonyl (C=O) groups is 1. The number of rotatable bonds is 3. The molecular formula is C22H24ClN5O. The van der Waals surface area contributed by atoms with Crippen LogP contribution in [0.5, 0.6) is 0 Å². The third-order valence-electron chi connectivity index (χ3n) is 5.99. The molecule has 2 saturated heterocycles. The lowest BCUT2D eigenvalue weighted by Crippen LogP contribution is -2.32. The summed E-state index contributed by atoms with van der Waals surface area (Å²) < 4.78 is 1.75. The van der Waals surface area contributed by atoms with Crippen LogP contribution in [0.4, 0.5) is 0 Å². The van der Waals surface area contributed by atoms with Crippen LogP contribution in [0.15, 0.2) is 54.6 Å². The van der Waals surface area contributed by atoms with E-state index in [0.717, 1.165) is 43.1 Å². The molecule has 2 fully saturated rings. The van der Waals surface area contributed by atoms with Gasteiger partial charge in [0, 0.05) is 26.2 Å². The van der Waals surface area contributed by atoms with E-state index in [2.05, 4.69) is 39.9 Å². The highest BCUT2D eigenvalue weighted by molar-refractivity contribution is 5.93. The van der Waals surface area contributed by atoms with Gasteiger partial charge in [-0.25, -0.2) is 4.68 Å². The van der Waals surface area contributed by atoms with Crippen molar-refractivity contribution in [2.75, 3.05) is 26.2 Å². The lowest BCUT2D eigenvalue weighted by Gasteiger charge is -2.16. The van der Waals surface area contributed by atoms with Crippen molar-refractivity contribution in [3.8, 4) is 16.8 Å². The lowest BCUT2D eigenvalue weighted by molar-refractivity contribution is 0.0775. The van der Waals surface area contributed by atoms with Gasteiger partial charge in [0.05, 0.1) is 11.4 Å². The Labute approximate surface area is 176 Å². The Morgan fingerprint density at radius 2 is 1.59 bits per heavy atom. The molecule has 2 aromatic carbocycles. The van der Waals surface area contributed by atoms with E-state index in [1.807, 2.05) is 42.2 Å². The number of likely N-dealkylation sites (tertiary alicyclic amines) is 1. The Bertz CT molecular complexity index is 990. The van der Waals surface area contributed by atoms with Crippen LogP contribution in [0.3, 0.4) is 0 Å². The lowest BCUT2D eigenvalue weighted by atomic mass is 10.0. The quantitative estimate of drug-likeness (QED) is 0.722. The predicted octanol–water partition coefficient (Wildman–Crippen LogP) is 2.96. The average molecular weight is 410 g/mol. The van der Waals surface area contributed by atoms with Gasteiger partial charge in [0.25, 0.3) is 5.91 Å². The van der Waals surface area contributed by atoms with Crippen molar-refractivity contribution in [3.05, 3.63) is 66.0 Å². The zero-order valence-electron chi connectivity index (χ0n) is 16.3. The van der Waals surface area contributed by atoms with E-state index in [0.29, 0.717) is 17.5 Å². The van der Waals surface area contributed by atoms with Crippen molar-refractivity contribution in [2.24, 2.45) is 11.8 Å². The second kappa shape index (κ2) is 7.97. The van der Waals surface area contributed by atoms with E-state index in [1.165, 1.54) is 5.56 Å². The van der Waals surface area contributed by atoms with Crippen LogP contribution in [-0.4, -0.2) is 52.0 Å². The first-order valence-electron chi connectivity index (χ1n) is 9.79. The Morgan fingerprint density at radius 1 is 0.966 bits per heavy atom. The molecule has 3 heterocycles. The van der Waals surface area contributed by atoms with E-state index in [4.69, 9.17) is 0 Å². The van der Waals surface area contributed by atoms with Gasteiger partial charge < -0.3 is 10.2 Å². The number of hydrogen-bond donors (Lipinski definition) is 1. The van der Waals surface area contributed by atoms with Crippen molar-refractivity contribution in [1.82, 2.24) is 25.2 Å². The highest BCUT2D eigenvalue weighted by Gasteiger charge is 2.39. The van der Waals surface area contributed by atoms with E-state index >= 15 is 0 Å². The Hall–Kier alpha value is -2.70. The van der Waals surface area contributed by atoms with E-state index in [-0.39, 0.29) is 18.3 Å². The summed E-state index contributed by atoms with van der Waals surface area (Å²) in [5.74, 6) is 1.15. The molecular weight excluding hydrogens is 386 g/mol. The maximum absolute atomic E-state index is 13.0. The van der Waals surface area contributed by atoms with Gasteiger partial charge in [-0.2, -0.15) is 0 Å². The van der Waals surface area contributed by atoms with Gasteiger partial charge in [-0.3, -0.25) is 4.79 Å². The van der Waals surface area contributed by atoms with Crippen molar-refractivity contribution < 1.29 is 4.79 Å². The smallest absolute Gasteiger partial charge is 0.276 e.